The van der Waals surface area contributed by atoms with E-state index in [1.807, 2.05) is 27.8 Å². The van der Waals surface area contributed by atoms with Gasteiger partial charge in [-0.25, -0.2) is 4.98 Å². The number of aromatic nitrogens is 1. The van der Waals surface area contributed by atoms with Crippen LogP contribution in [0.25, 0.3) is 9.88 Å². The van der Waals surface area contributed by atoms with E-state index in [1.165, 1.54) is 11.3 Å². The van der Waals surface area contributed by atoms with E-state index in [4.69, 9.17) is 4.74 Å². The molecule has 1 saturated carbocycles. The van der Waals surface area contributed by atoms with Gasteiger partial charge in [0.15, 0.2) is 0 Å². The van der Waals surface area contributed by atoms with Crippen LogP contribution in [0.4, 0.5) is 0 Å². The van der Waals surface area contributed by atoms with E-state index in [9.17, 15) is 9.90 Å². The zero-order valence-electron chi connectivity index (χ0n) is 13.4. The first-order chi connectivity index (χ1) is 11.7. The molecule has 1 aliphatic carbocycles. The molecule has 0 aromatic carbocycles. The number of aliphatic hydroxyl groups excluding tert-OH is 1. The van der Waals surface area contributed by atoms with Gasteiger partial charge in [-0.05, 0) is 30.7 Å². The molecule has 5 nitrogen and oxygen atoms in total. The van der Waals surface area contributed by atoms with Gasteiger partial charge in [-0.3, -0.25) is 4.79 Å². The monoisotopic (exact) mass is 364 g/mol. The van der Waals surface area contributed by atoms with Crippen molar-refractivity contribution in [2.24, 2.45) is 5.92 Å². The second-order valence-corrected chi connectivity index (χ2v) is 8.25. The van der Waals surface area contributed by atoms with Crippen LogP contribution >= 0.6 is 22.7 Å². The molecule has 3 heterocycles. The predicted molar refractivity (Wildman–Crippen MR) is 94.4 cm³/mol. The summed E-state index contributed by atoms with van der Waals surface area (Å²) in [6, 6.07) is 4.20. The van der Waals surface area contributed by atoms with Crippen molar-refractivity contribution in [1.82, 2.24) is 9.88 Å². The SMILES string of the molecule is CO[C@H]1CN(C(=O)c2csc(-c3cccs3)n2)[C@@H]2CC[C@@H](O)[C@H]1C2. The predicted octanol–water partition coefficient (Wildman–Crippen LogP) is 2.87. The summed E-state index contributed by atoms with van der Waals surface area (Å²) in [5.41, 5.74) is 0.517. The number of hydrogen-bond donors (Lipinski definition) is 1. The first-order valence-electron chi connectivity index (χ1n) is 8.18. The molecule has 1 saturated heterocycles. The minimum atomic E-state index is -0.312. The summed E-state index contributed by atoms with van der Waals surface area (Å²) >= 11 is 3.14. The summed E-state index contributed by atoms with van der Waals surface area (Å²) in [5, 5.41) is 14.9. The minimum absolute atomic E-state index is 0.0176. The number of thiophene rings is 1. The van der Waals surface area contributed by atoms with Crippen LogP contribution in [0, 0.1) is 5.92 Å². The molecule has 2 fully saturated rings. The van der Waals surface area contributed by atoms with Crippen LogP contribution in [0.15, 0.2) is 22.9 Å². The fourth-order valence-corrected chi connectivity index (χ4v) is 5.47. The molecule has 4 rings (SSSR count). The number of methoxy groups -OCH3 is 1. The van der Waals surface area contributed by atoms with E-state index >= 15 is 0 Å². The zero-order chi connectivity index (χ0) is 16.7. The summed E-state index contributed by atoms with van der Waals surface area (Å²) in [7, 11) is 1.66. The molecular weight excluding hydrogens is 344 g/mol. The van der Waals surface area contributed by atoms with Gasteiger partial charge in [0.1, 0.15) is 10.7 Å². The van der Waals surface area contributed by atoms with Crippen molar-refractivity contribution in [3.05, 3.63) is 28.6 Å². The molecule has 2 aromatic rings. The molecule has 0 radical (unpaired) electrons. The molecule has 1 N–H and O–H groups in total. The summed E-state index contributed by atoms with van der Waals surface area (Å²) in [4.78, 5) is 20.5. The van der Waals surface area contributed by atoms with Crippen LogP contribution in [-0.2, 0) is 4.74 Å². The Morgan fingerprint density at radius 2 is 2.29 bits per heavy atom. The molecule has 2 aromatic heterocycles. The minimum Gasteiger partial charge on any atom is -0.393 e. The molecule has 0 spiro atoms. The van der Waals surface area contributed by atoms with Gasteiger partial charge in [-0.1, -0.05) is 6.07 Å². The average Bonchev–Trinajstić information content (AvgIpc) is 3.28. The van der Waals surface area contributed by atoms with Crippen molar-refractivity contribution in [1.29, 1.82) is 0 Å². The Morgan fingerprint density at radius 3 is 3.04 bits per heavy atom. The van der Waals surface area contributed by atoms with E-state index in [0.717, 1.165) is 29.1 Å². The van der Waals surface area contributed by atoms with E-state index in [-0.39, 0.29) is 30.1 Å². The number of ether oxygens (including phenoxy) is 1. The third-order valence-corrected chi connectivity index (χ3v) is 7.03. The van der Waals surface area contributed by atoms with Gasteiger partial charge in [0.2, 0.25) is 0 Å². The first-order valence-corrected chi connectivity index (χ1v) is 9.94. The Labute approximate surface area is 148 Å². The van der Waals surface area contributed by atoms with E-state index in [2.05, 4.69) is 4.98 Å². The smallest absolute Gasteiger partial charge is 0.273 e. The lowest BCUT2D eigenvalue weighted by atomic mass is 9.76. The Bertz CT molecular complexity index is 715. The Hall–Kier alpha value is -1.28. The molecule has 1 amide bonds. The highest BCUT2D eigenvalue weighted by Crippen LogP contribution is 2.37. The number of carbonyl (C=O) groups is 1. The average molecular weight is 364 g/mol. The highest BCUT2D eigenvalue weighted by molar-refractivity contribution is 7.20. The number of hydrogen-bond acceptors (Lipinski definition) is 6. The summed E-state index contributed by atoms with van der Waals surface area (Å²) in [6.07, 6.45) is 1.98. The molecule has 7 heteroatoms. The molecule has 0 unspecified atom stereocenters. The van der Waals surface area contributed by atoms with Gasteiger partial charge in [-0.2, -0.15) is 0 Å². The quantitative estimate of drug-likeness (QED) is 0.910. The van der Waals surface area contributed by atoms with Crippen LogP contribution in [-0.4, -0.2) is 52.8 Å². The maximum Gasteiger partial charge on any atom is 0.273 e. The van der Waals surface area contributed by atoms with Crippen molar-refractivity contribution in [2.75, 3.05) is 13.7 Å². The Kier molecular flexibility index (Phi) is 4.42. The van der Waals surface area contributed by atoms with Crippen molar-refractivity contribution in [3.63, 3.8) is 0 Å². The molecule has 128 valence electrons. The number of piperidine rings is 1. The zero-order valence-corrected chi connectivity index (χ0v) is 15.1. The van der Waals surface area contributed by atoms with Crippen molar-refractivity contribution < 1.29 is 14.6 Å². The number of amides is 1. The van der Waals surface area contributed by atoms with E-state index in [0.29, 0.717) is 12.2 Å². The molecule has 1 aliphatic heterocycles. The molecule has 2 aliphatic rings. The fourth-order valence-electron chi connectivity index (χ4n) is 3.86. The maximum atomic E-state index is 13.0. The second kappa shape index (κ2) is 6.55. The lowest BCUT2D eigenvalue weighted by Crippen LogP contribution is -2.58. The summed E-state index contributed by atoms with van der Waals surface area (Å²) in [6.45, 7) is 0.535. The highest BCUT2D eigenvalue weighted by Gasteiger charge is 2.44. The topological polar surface area (TPSA) is 62.7 Å². The van der Waals surface area contributed by atoms with Gasteiger partial charge in [0.05, 0.1) is 17.1 Å². The Balaban J connectivity index is 1.56. The summed E-state index contributed by atoms with van der Waals surface area (Å²) < 4.78 is 5.56. The van der Waals surface area contributed by atoms with Gasteiger partial charge < -0.3 is 14.7 Å². The van der Waals surface area contributed by atoms with Crippen molar-refractivity contribution in [2.45, 2.75) is 37.5 Å². The number of thiazole rings is 1. The summed E-state index contributed by atoms with van der Waals surface area (Å²) in [5.74, 6) is 0.117. The van der Waals surface area contributed by atoms with Crippen LogP contribution in [0.3, 0.4) is 0 Å². The first kappa shape index (κ1) is 16.2. The second-order valence-electron chi connectivity index (χ2n) is 6.44. The number of likely N-dealkylation sites (tertiary alicyclic amines) is 1. The Morgan fingerprint density at radius 1 is 1.42 bits per heavy atom. The molecular formula is C17H20N2O3S2. The number of fused-ring (bicyclic) bond motifs is 2. The fraction of sp³-hybridized carbons (Fsp3) is 0.529. The third-order valence-electron chi connectivity index (χ3n) is 5.15. The van der Waals surface area contributed by atoms with E-state index < -0.39 is 0 Å². The van der Waals surface area contributed by atoms with Gasteiger partial charge >= 0.3 is 0 Å². The number of nitrogens with zero attached hydrogens (tertiary/aromatic N) is 2. The van der Waals surface area contributed by atoms with Crippen LogP contribution in [0.1, 0.15) is 29.8 Å². The maximum absolute atomic E-state index is 13.0. The lowest BCUT2D eigenvalue weighted by molar-refractivity contribution is -0.0941. The van der Waals surface area contributed by atoms with Crippen LogP contribution in [0.5, 0.6) is 0 Å². The number of carbonyl (C=O) groups excluding carboxylic acids is 1. The normalized spacial score (nSPS) is 29.7. The van der Waals surface area contributed by atoms with E-state index in [1.54, 1.807) is 18.4 Å². The molecule has 4 atom stereocenters. The van der Waals surface area contributed by atoms with Gasteiger partial charge in [-0.15, -0.1) is 22.7 Å². The largest absolute Gasteiger partial charge is 0.393 e. The number of rotatable bonds is 3. The standard InChI is InChI=1S/C17H20N2O3S2/c1-22-14-8-19(10-4-5-13(20)11(14)7-10)17(21)12-9-24-16(18-12)15-3-2-6-23-15/h2-3,6,9-11,13-14,20H,4-5,7-8H2,1H3/t10-,11-,13-,14+/m1/s1. The van der Waals surface area contributed by atoms with Gasteiger partial charge in [0, 0.05) is 31.0 Å². The molecule has 2 bridgehead atoms. The third kappa shape index (κ3) is 2.79. The van der Waals surface area contributed by atoms with Crippen LogP contribution < -0.4 is 0 Å². The molecule has 24 heavy (non-hydrogen) atoms. The van der Waals surface area contributed by atoms with Crippen molar-refractivity contribution >= 4 is 28.6 Å². The van der Waals surface area contributed by atoms with Gasteiger partial charge in [0.25, 0.3) is 5.91 Å². The lowest BCUT2D eigenvalue weighted by Gasteiger charge is -2.48. The number of aliphatic hydroxyl groups is 1. The van der Waals surface area contributed by atoms with Crippen LogP contribution in [0.2, 0.25) is 0 Å². The van der Waals surface area contributed by atoms with Crippen molar-refractivity contribution in [3.8, 4) is 9.88 Å². The highest BCUT2D eigenvalue weighted by atomic mass is 32.1.